The molecule has 7 heteroatoms. The molecule has 0 unspecified atom stereocenters. The average Bonchev–Trinajstić information content (AvgIpc) is 1.92. The van der Waals surface area contributed by atoms with Gasteiger partial charge in [0.2, 0.25) is 5.28 Å². The summed E-state index contributed by atoms with van der Waals surface area (Å²) in [5.41, 5.74) is 0. The molecule has 0 amide bonds. The number of halogens is 2. The van der Waals surface area contributed by atoms with Gasteiger partial charge in [-0.25, -0.2) is 18.4 Å². The van der Waals surface area contributed by atoms with Crippen molar-refractivity contribution >= 4 is 33.0 Å². The van der Waals surface area contributed by atoms with Crippen molar-refractivity contribution in [3.05, 3.63) is 16.5 Å². The minimum absolute atomic E-state index is 0.0260. The summed E-state index contributed by atoms with van der Waals surface area (Å²) in [5, 5.41) is -0.411. The van der Waals surface area contributed by atoms with Gasteiger partial charge in [0.1, 0.15) is 0 Å². The van der Waals surface area contributed by atoms with Crippen LogP contribution in [0.2, 0.25) is 10.3 Å². The van der Waals surface area contributed by atoms with Crippen LogP contribution in [0.4, 0.5) is 0 Å². The zero-order chi connectivity index (χ0) is 9.35. The number of nitrogens with zero attached hydrogens (tertiary/aromatic N) is 2. The number of aromatic nitrogens is 2. The highest BCUT2D eigenvalue weighted by molar-refractivity contribution is 7.90. The van der Waals surface area contributed by atoms with Crippen LogP contribution in [0, 0.1) is 0 Å². The van der Waals surface area contributed by atoms with Gasteiger partial charge >= 0.3 is 0 Å². The SMILES string of the molecule is CS(=O)(=O)c1nc(Cl)ncc1Cl. The van der Waals surface area contributed by atoms with Crippen molar-refractivity contribution in [1.29, 1.82) is 0 Å². The number of sulfone groups is 1. The Kier molecular flexibility index (Phi) is 2.55. The highest BCUT2D eigenvalue weighted by Gasteiger charge is 2.14. The van der Waals surface area contributed by atoms with E-state index < -0.39 is 9.84 Å². The molecule has 66 valence electrons. The molecule has 0 fully saturated rings. The van der Waals surface area contributed by atoms with Gasteiger partial charge in [-0.1, -0.05) is 11.6 Å². The van der Waals surface area contributed by atoms with Gasteiger partial charge in [0, 0.05) is 6.26 Å². The van der Waals surface area contributed by atoms with Crippen molar-refractivity contribution in [2.45, 2.75) is 5.03 Å². The van der Waals surface area contributed by atoms with Crippen LogP contribution in [-0.4, -0.2) is 24.6 Å². The van der Waals surface area contributed by atoms with Gasteiger partial charge in [0.05, 0.1) is 11.2 Å². The summed E-state index contributed by atoms with van der Waals surface area (Å²) in [6.07, 6.45) is 2.14. The van der Waals surface area contributed by atoms with Crippen LogP contribution in [0.3, 0.4) is 0 Å². The lowest BCUT2D eigenvalue weighted by atomic mass is 10.7. The van der Waals surface area contributed by atoms with Gasteiger partial charge in [-0.2, -0.15) is 0 Å². The summed E-state index contributed by atoms with van der Waals surface area (Å²) < 4.78 is 21.9. The minimum Gasteiger partial charge on any atom is -0.225 e. The van der Waals surface area contributed by atoms with Crippen LogP contribution in [0.1, 0.15) is 0 Å². The van der Waals surface area contributed by atoms with Crippen LogP contribution in [-0.2, 0) is 9.84 Å². The van der Waals surface area contributed by atoms with Crippen molar-refractivity contribution in [2.24, 2.45) is 0 Å². The molecule has 12 heavy (non-hydrogen) atoms. The first-order valence-corrected chi connectivity index (χ1v) is 5.44. The predicted octanol–water partition coefficient (Wildman–Crippen LogP) is 1.19. The molecule has 0 radical (unpaired) electrons. The molecule has 0 aliphatic rings. The molecule has 4 nitrogen and oxygen atoms in total. The largest absolute Gasteiger partial charge is 0.225 e. The number of hydrogen-bond donors (Lipinski definition) is 0. The van der Waals surface area contributed by atoms with Crippen molar-refractivity contribution in [3.8, 4) is 0 Å². The van der Waals surface area contributed by atoms with E-state index in [0.717, 1.165) is 12.5 Å². The molecule has 0 aliphatic carbocycles. The van der Waals surface area contributed by atoms with E-state index in [1.54, 1.807) is 0 Å². The van der Waals surface area contributed by atoms with Gasteiger partial charge < -0.3 is 0 Å². The molecule has 0 bridgehead atoms. The average molecular weight is 227 g/mol. The highest BCUT2D eigenvalue weighted by atomic mass is 35.5. The molecular formula is C5H4Cl2N2O2S. The maximum absolute atomic E-state index is 11.0. The van der Waals surface area contributed by atoms with E-state index in [-0.39, 0.29) is 15.3 Å². The summed E-state index contributed by atoms with van der Waals surface area (Å²) in [4.78, 5) is 6.99. The molecular weight excluding hydrogens is 223 g/mol. The Morgan fingerprint density at radius 1 is 1.42 bits per heavy atom. The maximum atomic E-state index is 11.0. The molecule has 0 aromatic carbocycles. The standard InChI is InChI=1S/C5H4Cl2N2O2S/c1-12(10,11)4-3(6)2-8-5(7)9-4/h2H,1H3. The Hall–Kier alpha value is -0.390. The molecule has 0 spiro atoms. The zero-order valence-corrected chi connectivity index (χ0v) is 8.28. The van der Waals surface area contributed by atoms with E-state index >= 15 is 0 Å². The van der Waals surface area contributed by atoms with E-state index in [4.69, 9.17) is 23.2 Å². The molecule has 1 rings (SSSR count). The van der Waals surface area contributed by atoms with Gasteiger partial charge in [-0.05, 0) is 11.6 Å². The van der Waals surface area contributed by atoms with Gasteiger partial charge in [-0.15, -0.1) is 0 Å². The lowest BCUT2D eigenvalue weighted by Gasteiger charge is -1.98. The van der Waals surface area contributed by atoms with Crippen LogP contribution >= 0.6 is 23.2 Å². The molecule has 0 aliphatic heterocycles. The summed E-state index contributed by atoms with van der Waals surface area (Å²) >= 11 is 10.9. The van der Waals surface area contributed by atoms with Gasteiger partial charge in [0.25, 0.3) is 0 Å². The fourth-order valence-corrected chi connectivity index (χ4v) is 1.95. The Morgan fingerprint density at radius 2 is 2.00 bits per heavy atom. The second-order valence-corrected chi connectivity index (χ2v) is 4.74. The van der Waals surface area contributed by atoms with Crippen molar-refractivity contribution in [3.63, 3.8) is 0 Å². The molecule has 0 atom stereocenters. The topological polar surface area (TPSA) is 59.9 Å². The third kappa shape index (κ3) is 2.06. The molecule has 1 heterocycles. The first-order chi connectivity index (χ1) is 5.41. The number of rotatable bonds is 1. The lowest BCUT2D eigenvalue weighted by molar-refractivity contribution is 0.598. The van der Waals surface area contributed by atoms with E-state index in [1.807, 2.05) is 0 Å². The first-order valence-electron chi connectivity index (χ1n) is 2.79. The quantitative estimate of drug-likeness (QED) is 0.534. The zero-order valence-electron chi connectivity index (χ0n) is 5.95. The third-order valence-corrected chi connectivity index (χ3v) is 2.62. The van der Waals surface area contributed by atoms with Crippen LogP contribution < -0.4 is 0 Å². The second-order valence-electron chi connectivity index (χ2n) is 2.06. The van der Waals surface area contributed by atoms with E-state index in [0.29, 0.717) is 0 Å². The summed E-state index contributed by atoms with van der Waals surface area (Å²) in [7, 11) is -3.42. The second kappa shape index (κ2) is 3.16. The highest BCUT2D eigenvalue weighted by Crippen LogP contribution is 2.18. The van der Waals surface area contributed by atoms with Crippen molar-refractivity contribution < 1.29 is 8.42 Å². The minimum atomic E-state index is -3.42. The van der Waals surface area contributed by atoms with Crippen LogP contribution in [0.25, 0.3) is 0 Å². The fraction of sp³-hybridized carbons (Fsp3) is 0.200. The molecule has 0 saturated heterocycles. The van der Waals surface area contributed by atoms with Gasteiger partial charge in [-0.3, -0.25) is 0 Å². The Bertz CT molecular complexity index is 404. The lowest BCUT2D eigenvalue weighted by Crippen LogP contribution is -2.02. The third-order valence-electron chi connectivity index (χ3n) is 1.03. The van der Waals surface area contributed by atoms with E-state index in [9.17, 15) is 8.42 Å². The molecule has 0 saturated carbocycles. The Balaban J connectivity index is 3.43. The maximum Gasteiger partial charge on any atom is 0.223 e. The van der Waals surface area contributed by atoms with Crippen molar-refractivity contribution in [2.75, 3.05) is 6.26 Å². The van der Waals surface area contributed by atoms with Crippen LogP contribution in [0.5, 0.6) is 0 Å². The fourth-order valence-electron chi connectivity index (χ4n) is 0.591. The predicted molar refractivity (Wildman–Crippen MR) is 45.2 cm³/mol. The summed E-state index contributed by atoms with van der Waals surface area (Å²) in [5.74, 6) is 0. The number of hydrogen-bond acceptors (Lipinski definition) is 4. The monoisotopic (exact) mass is 226 g/mol. The van der Waals surface area contributed by atoms with E-state index in [1.165, 1.54) is 0 Å². The summed E-state index contributed by atoms with van der Waals surface area (Å²) in [6.45, 7) is 0. The molecule has 1 aromatic heterocycles. The van der Waals surface area contributed by atoms with Gasteiger partial charge in [0.15, 0.2) is 14.9 Å². The van der Waals surface area contributed by atoms with Crippen molar-refractivity contribution in [1.82, 2.24) is 9.97 Å². The van der Waals surface area contributed by atoms with Crippen LogP contribution in [0.15, 0.2) is 11.2 Å². The first kappa shape index (κ1) is 9.70. The summed E-state index contributed by atoms with van der Waals surface area (Å²) in [6, 6.07) is 0. The Morgan fingerprint density at radius 3 is 2.42 bits per heavy atom. The Labute approximate surface area is 79.5 Å². The normalized spacial score (nSPS) is 11.6. The van der Waals surface area contributed by atoms with E-state index in [2.05, 4.69) is 9.97 Å². The molecule has 0 N–H and O–H groups in total. The molecule has 1 aromatic rings. The smallest absolute Gasteiger partial charge is 0.223 e.